The monoisotopic (exact) mass is 287 g/mol. The van der Waals surface area contributed by atoms with E-state index < -0.39 is 0 Å². The Kier molecular flexibility index (Phi) is 2.22. The summed E-state index contributed by atoms with van der Waals surface area (Å²) in [5.74, 6) is 0. The number of nitrogens with one attached hydrogen (secondary N) is 1. The number of aromatic nitrogens is 3. The van der Waals surface area contributed by atoms with Gasteiger partial charge in [-0.05, 0) is 24.3 Å². The maximum Gasteiger partial charge on any atom is 0.157 e. The Morgan fingerprint density at radius 3 is 2.47 bits per heavy atom. The molecule has 2 aromatic carbocycles. The molecule has 4 aromatic rings. The summed E-state index contributed by atoms with van der Waals surface area (Å²) in [6.07, 6.45) is 0. The molecule has 1 N–H and O–H groups in total. The van der Waals surface area contributed by atoms with Gasteiger partial charge in [-0.2, -0.15) is 0 Å². The van der Waals surface area contributed by atoms with Gasteiger partial charge in [0.05, 0.1) is 21.6 Å². The first-order valence-electron chi connectivity index (χ1n) is 5.75. The van der Waals surface area contributed by atoms with Crippen LogP contribution in [0.15, 0.2) is 36.4 Å². The van der Waals surface area contributed by atoms with Crippen LogP contribution < -0.4 is 0 Å². The van der Waals surface area contributed by atoms with Crippen molar-refractivity contribution in [2.75, 3.05) is 0 Å². The van der Waals surface area contributed by atoms with E-state index in [1.54, 1.807) is 6.07 Å². The zero-order chi connectivity index (χ0) is 13.0. The smallest absolute Gasteiger partial charge is 0.157 e. The molecule has 19 heavy (non-hydrogen) atoms. The van der Waals surface area contributed by atoms with Crippen molar-refractivity contribution >= 4 is 56.3 Å². The number of rotatable bonds is 0. The summed E-state index contributed by atoms with van der Waals surface area (Å²) in [4.78, 5) is 12.4. The molecule has 2 aromatic heterocycles. The zero-order valence-electron chi connectivity index (χ0n) is 9.61. The largest absolute Gasteiger partial charge is 0.337 e. The molecule has 0 saturated heterocycles. The highest BCUT2D eigenvalue weighted by atomic mass is 35.5. The highest BCUT2D eigenvalue weighted by Crippen LogP contribution is 2.32. The van der Waals surface area contributed by atoms with Crippen molar-refractivity contribution in [1.82, 2.24) is 15.0 Å². The summed E-state index contributed by atoms with van der Waals surface area (Å²) >= 11 is 12.2. The first-order valence-corrected chi connectivity index (χ1v) is 6.51. The Hall–Kier alpha value is -1.84. The molecular formula is C14H7Cl2N3. The van der Waals surface area contributed by atoms with E-state index in [-0.39, 0.29) is 0 Å². The molecular weight excluding hydrogens is 281 g/mol. The summed E-state index contributed by atoms with van der Waals surface area (Å²) in [7, 11) is 0. The highest BCUT2D eigenvalue weighted by molar-refractivity contribution is 6.39. The van der Waals surface area contributed by atoms with Gasteiger partial charge in [0.15, 0.2) is 5.65 Å². The fraction of sp³-hybridized carbons (Fsp3) is 0. The van der Waals surface area contributed by atoms with Crippen LogP contribution in [-0.4, -0.2) is 15.0 Å². The minimum atomic E-state index is 0.575. The van der Waals surface area contributed by atoms with Crippen LogP contribution in [0.25, 0.3) is 33.1 Å². The average molecular weight is 288 g/mol. The molecule has 0 spiro atoms. The van der Waals surface area contributed by atoms with Crippen molar-refractivity contribution in [3.05, 3.63) is 46.4 Å². The van der Waals surface area contributed by atoms with Crippen molar-refractivity contribution in [3.63, 3.8) is 0 Å². The quantitative estimate of drug-likeness (QED) is 0.515. The SMILES string of the molecule is Clc1cc(Cl)c2[nH]c3nc4ccccc4nc3c2c1. The van der Waals surface area contributed by atoms with Gasteiger partial charge in [-0.3, -0.25) is 0 Å². The van der Waals surface area contributed by atoms with E-state index in [0.29, 0.717) is 10.0 Å². The summed E-state index contributed by atoms with van der Waals surface area (Å²) < 4.78 is 0. The van der Waals surface area contributed by atoms with Crippen LogP contribution >= 0.6 is 23.2 Å². The van der Waals surface area contributed by atoms with Crippen molar-refractivity contribution in [1.29, 1.82) is 0 Å². The lowest BCUT2D eigenvalue weighted by Gasteiger charge is -1.97. The van der Waals surface area contributed by atoms with Crippen LogP contribution in [0.5, 0.6) is 0 Å². The van der Waals surface area contributed by atoms with Crippen LogP contribution in [0, 0.1) is 0 Å². The van der Waals surface area contributed by atoms with Gasteiger partial charge in [0.25, 0.3) is 0 Å². The number of H-pyrrole nitrogens is 1. The van der Waals surface area contributed by atoms with Crippen LogP contribution in [0.2, 0.25) is 10.0 Å². The molecule has 0 radical (unpaired) electrons. The number of para-hydroxylation sites is 2. The molecule has 0 aliphatic carbocycles. The highest BCUT2D eigenvalue weighted by Gasteiger charge is 2.11. The molecule has 0 aliphatic heterocycles. The lowest BCUT2D eigenvalue weighted by molar-refractivity contribution is 1.36. The number of benzene rings is 2. The Morgan fingerprint density at radius 2 is 1.68 bits per heavy atom. The fourth-order valence-electron chi connectivity index (χ4n) is 2.28. The predicted molar refractivity (Wildman–Crippen MR) is 78.9 cm³/mol. The fourth-order valence-corrected chi connectivity index (χ4v) is 2.82. The average Bonchev–Trinajstić information content (AvgIpc) is 2.74. The van der Waals surface area contributed by atoms with Gasteiger partial charge < -0.3 is 4.98 Å². The third-order valence-corrected chi connectivity index (χ3v) is 3.64. The normalized spacial score (nSPS) is 11.7. The standard InChI is InChI=1S/C14H7Cl2N3/c15-7-5-8-12(9(16)6-7)19-14-13(8)17-10-3-1-2-4-11(10)18-14/h1-6H,(H,18,19). The lowest BCUT2D eigenvalue weighted by atomic mass is 10.2. The minimum absolute atomic E-state index is 0.575. The second kappa shape index (κ2) is 3.83. The number of nitrogens with zero attached hydrogens (tertiary/aromatic N) is 2. The molecule has 0 atom stereocenters. The molecule has 0 amide bonds. The van der Waals surface area contributed by atoms with Gasteiger partial charge in [0, 0.05) is 10.4 Å². The first-order chi connectivity index (χ1) is 9.22. The van der Waals surface area contributed by atoms with E-state index in [1.165, 1.54) is 0 Å². The van der Waals surface area contributed by atoms with E-state index in [4.69, 9.17) is 23.2 Å². The van der Waals surface area contributed by atoms with Crippen molar-refractivity contribution in [3.8, 4) is 0 Å². The van der Waals surface area contributed by atoms with Gasteiger partial charge in [-0.1, -0.05) is 35.3 Å². The molecule has 0 saturated carbocycles. The number of hydrogen-bond donors (Lipinski definition) is 1. The van der Waals surface area contributed by atoms with Crippen LogP contribution in [-0.2, 0) is 0 Å². The van der Waals surface area contributed by atoms with Gasteiger partial charge in [0.1, 0.15) is 5.52 Å². The third-order valence-electron chi connectivity index (χ3n) is 3.12. The van der Waals surface area contributed by atoms with E-state index in [2.05, 4.69) is 15.0 Å². The summed E-state index contributed by atoms with van der Waals surface area (Å²) in [5.41, 5.74) is 4.03. The van der Waals surface area contributed by atoms with Gasteiger partial charge >= 0.3 is 0 Å². The van der Waals surface area contributed by atoms with Crippen LogP contribution in [0.1, 0.15) is 0 Å². The second-order valence-corrected chi connectivity index (χ2v) is 5.19. The van der Waals surface area contributed by atoms with E-state index >= 15 is 0 Å². The number of fused-ring (bicyclic) bond motifs is 4. The van der Waals surface area contributed by atoms with Crippen LogP contribution in [0.4, 0.5) is 0 Å². The summed E-state index contributed by atoms with van der Waals surface area (Å²) in [6.45, 7) is 0. The number of hydrogen-bond acceptors (Lipinski definition) is 2. The predicted octanol–water partition coefficient (Wildman–Crippen LogP) is 4.57. The Bertz CT molecular complexity index is 944. The number of aromatic amines is 1. The van der Waals surface area contributed by atoms with E-state index in [1.807, 2.05) is 30.3 Å². The molecule has 3 nitrogen and oxygen atoms in total. The Balaban J connectivity index is 2.26. The van der Waals surface area contributed by atoms with Crippen molar-refractivity contribution in [2.24, 2.45) is 0 Å². The van der Waals surface area contributed by atoms with Gasteiger partial charge in [-0.25, -0.2) is 9.97 Å². The third kappa shape index (κ3) is 1.59. The molecule has 92 valence electrons. The maximum absolute atomic E-state index is 6.19. The van der Waals surface area contributed by atoms with Crippen molar-refractivity contribution in [2.45, 2.75) is 0 Å². The van der Waals surface area contributed by atoms with E-state index in [0.717, 1.165) is 33.1 Å². The Morgan fingerprint density at radius 1 is 0.947 bits per heavy atom. The molecule has 0 fully saturated rings. The lowest BCUT2D eigenvalue weighted by Crippen LogP contribution is -1.84. The summed E-state index contributed by atoms with van der Waals surface area (Å²) in [5, 5.41) is 2.06. The molecule has 0 bridgehead atoms. The topological polar surface area (TPSA) is 41.6 Å². The molecule has 4 rings (SSSR count). The van der Waals surface area contributed by atoms with E-state index in [9.17, 15) is 0 Å². The molecule has 0 unspecified atom stereocenters. The number of halogens is 2. The molecule has 2 heterocycles. The van der Waals surface area contributed by atoms with Crippen LogP contribution in [0.3, 0.4) is 0 Å². The molecule has 5 heteroatoms. The van der Waals surface area contributed by atoms with Gasteiger partial charge in [0.2, 0.25) is 0 Å². The Labute approximate surface area is 118 Å². The second-order valence-electron chi connectivity index (χ2n) is 4.34. The zero-order valence-corrected chi connectivity index (χ0v) is 11.1. The van der Waals surface area contributed by atoms with Crippen molar-refractivity contribution < 1.29 is 0 Å². The van der Waals surface area contributed by atoms with Gasteiger partial charge in [-0.15, -0.1) is 0 Å². The molecule has 0 aliphatic rings. The minimum Gasteiger partial charge on any atom is -0.337 e. The summed E-state index contributed by atoms with van der Waals surface area (Å²) in [6, 6.07) is 11.3. The maximum atomic E-state index is 6.19. The first kappa shape index (κ1) is 11.0.